The lowest BCUT2D eigenvalue weighted by Gasteiger charge is -2.13. The van der Waals surface area contributed by atoms with E-state index in [-0.39, 0.29) is 36.4 Å². The minimum atomic E-state index is -0.506. The molecule has 1 aromatic carbocycles. The molecule has 6 heteroatoms. The van der Waals surface area contributed by atoms with E-state index >= 15 is 0 Å². The van der Waals surface area contributed by atoms with Gasteiger partial charge in [0.05, 0.1) is 13.2 Å². The number of carbonyl (C=O) groups is 2. The molecule has 140 valence electrons. The molecule has 0 aliphatic rings. The zero-order valence-electron chi connectivity index (χ0n) is 15.2. The molecule has 0 saturated heterocycles. The second-order valence-electron chi connectivity index (χ2n) is 5.92. The van der Waals surface area contributed by atoms with Crippen molar-refractivity contribution in [3.8, 4) is 11.5 Å². The average Bonchev–Trinajstić information content (AvgIpc) is 2.56. The molecule has 1 atom stereocenters. The van der Waals surface area contributed by atoms with Gasteiger partial charge in [-0.15, -0.1) is 0 Å². The highest BCUT2D eigenvalue weighted by Crippen LogP contribution is 2.27. The number of halogens is 1. The quantitative estimate of drug-likeness (QED) is 0.334. The van der Waals surface area contributed by atoms with Gasteiger partial charge in [0.25, 0.3) is 0 Å². The van der Waals surface area contributed by atoms with Crippen LogP contribution in [0.2, 0.25) is 0 Å². The first-order valence-electron chi connectivity index (χ1n) is 8.70. The van der Waals surface area contributed by atoms with Crippen molar-refractivity contribution in [1.29, 1.82) is 0 Å². The normalized spacial score (nSPS) is 11.7. The van der Waals surface area contributed by atoms with Gasteiger partial charge in [-0.3, -0.25) is 9.59 Å². The molecular formula is C19H27FO5. The second-order valence-corrected chi connectivity index (χ2v) is 5.92. The number of hydrogen-bond donors (Lipinski definition) is 0. The fourth-order valence-corrected chi connectivity index (χ4v) is 2.30. The summed E-state index contributed by atoms with van der Waals surface area (Å²) in [5.41, 5.74) is 0. The Hall–Kier alpha value is -2.11. The lowest BCUT2D eigenvalue weighted by atomic mass is 10.1. The number of benzene rings is 1. The van der Waals surface area contributed by atoms with E-state index in [2.05, 4.69) is 6.92 Å². The fraction of sp³-hybridized carbons (Fsp3) is 0.579. The molecule has 1 unspecified atom stereocenters. The zero-order chi connectivity index (χ0) is 18.7. The molecule has 0 aliphatic heterocycles. The Labute approximate surface area is 148 Å². The highest BCUT2D eigenvalue weighted by Gasteiger charge is 2.13. The van der Waals surface area contributed by atoms with Gasteiger partial charge < -0.3 is 14.2 Å². The predicted molar refractivity (Wildman–Crippen MR) is 92.1 cm³/mol. The summed E-state index contributed by atoms with van der Waals surface area (Å²) in [6.45, 7) is 4.00. The van der Waals surface area contributed by atoms with Crippen LogP contribution in [0.5, 0.6) is 11.5 Å². The van der Waals surface area contributed by atoms with Gasteiger partial charge in [-0.05, 0) is 38.3 Å². The summed E-state index contributed by atoms with van der Waals surface area (Å²) in [5, 5.41) is 0. The van der Waals surface area contributed by atoms with Gasteiger partial charge in [0.15, 0.2) is 11.5 Å². The Kier molecular flexibility index (Phi) is 9.58. The minimum absolute atomic E-state index is 0.0693. The molecule has 0 saturated carbocycles. The highest BCUT2D eigenvalue weighted by molar-refractivity contribution is 5.75. The third kappa shape index (κ3) is 8.52. The van der Waals surface area contributed by atoms with E-state index < -0.39 is 11.8 Å². The first-order chi connectivity index (χ1) is 12.0. The second kappa shape index (κ2) is 11.4. The van der Waals surface area contributed by atoms with Crippen LogP contribution in [0.25, 0.3) is 0 Å². The maximum Gasteiger partial charge on any atom is 0.311 e. The topological polar surface area (TPSA) is 61.8 Å². The molecule has 1 aromatic rings. The van der Waals surface area contributed by atoms with Gasteiger partial charge in [-0.25, -0.2) is 4.39 Å². The minimum Gasteiger partial charge on any atom is -0.493 e. The molecule has 0 aliphatic carbocycles. The lowest BCUT2D eigenvalue weighted by molar-refractivity contribution is -0.148. The molecule has 0 fully saturated rings. The Bertz CT molecular complexity index is 559. The van der Waals surface area contributed by atoms with Crippen molar-refractivity contribution in [3.63, 3.8) is 0 Å². The van der Waals surface area contributed by atoms with E-state index in [9.17, 15) is 14.0 Å². The van der Waals surface area contributed by atoms with E-state index in [1.807, 2.05) is 6.92 Å². The number of unbranched alkanes of at least 4 members (excludes halogenated alkanes) is 2. The van der Waals surface area contributed by atoms with E-state index in [0.29, 0.717) is 6.42 Å². The van der Waals surface area contributed by atoms with Gasteiger partial charge in [0.1, 0.15) is 5.82 Å². The van der Waals surface area contributed by atoms with Gasteiger partial charge in [0, 0.05) is 18.9 Å². The molecule has 1 rings (SSSR count). The molecular weight excluding hydrogens is 327 g/mol. The smallest absolute Gasteiger partial charge is 0.311 e. The van der Waals surface area contributed by atoms with E-state index in [4.69, 9.17) is 14.2 Å². The van der Waals surface area contributed by atoms with Crippen LogP contribution in [-0.2, 0) is 14.3 Å². The maximum absolute atomic E-state index is 13.1. The Morgan fingerprint density at radius 2 is 1.80 bits per heavy atom. The third-order valence-corrected chi connectivity index (χ3v) is 3.66. The largest absolute Gasteiger partial charge is 0.493 e. The van der Waals surface area contributed by atoms with Crippen LogP contribution in [0.3, 0.4) is 0 Å². The Morgan fingerprint density at radius 1 is 1.08 bits per heavy atom. The first-order valence-corrected chi connectivity index (χ1v) is 8.70. The number of hydrogen-bond acceptors (Lipinski definition) is 5. The molecule has 0 amide bonds. The molecule has 0 heterocycles. The first kappa shape index (κ1) is 20.9. The van der Waals surface area contributed by atoms with Crippen LogP contribution >= 0.6 is 0 Å². The SMILES string of the molecule is CCCCCC(C)OC(=O)CCCC(=O)Oc1ccc(F)cc1OC. The number of ether oxygens (including phenoxy) is 3. The van der Waals surface area contributed by atoms with Crippen molar-refractivity contribution in [2.45, 2.75) is 64.9 Å². The number of esters is 2. The summed E-state index contributed by atoms with van der Waals surface area (Å²) >= 11 is 0. The van der Waals surface area contributed by atoms with E-state index in [1.54, 1.807) is 0 Å². The monoisotopic (exact) mass is 354 g/mol. The van der Waals surface area contributed by atoms with Gasteiger partial charge in [-0.1, -0.05) is 19.8 Å². The lowest BCUT2D eigenvalue weighted by Crippen LogP contribution is -2.15. The van der Waals surface area contributed by atoms with Gasteiger partial charge in [0.2, 0.25) is 0 Å². The van der Waals surface area contributed by atoms with Gasteiger partial charge >= 0.3 is 11.9 Å². The van der Waals surface area contributed by atoms with Crippen molar-refractivity contribution in [2.24, 2.45) is 0 Å². The molecule has 0 N–H and O–H groups in total. The van der Waals surface area contributed by atoms with E-state index in [1.165, 1.54) is 19.2 Å². The van der Waals surface area contributed by atoms with Crippen LogP contribution in [-0.4, -0.2) is 25.2 Å². The summed E-state index contributed by atoms with van der Waals surface area (Å²) in [7, 11) is 1.36. The van der Waals surface area contributed by atoms with Crippen molar-refractivity contribution in [2.75, 3.05) is 7.11 Å². The summed E-state index contributed by atoms with van der Waals surface area (Å²) < 4.78 is 28.5. The van der Waals surface area contributed by atoms with Crippen molar-refractivity contribution in [1.82, 2.24) is 0 Å². The van der Waals surface area contributed by atoms with Gasteiger partial charge in [-0.2, -0.15) is 0 Å². The molecule has 0 bridgehead atoms. The highest BCUT2D eigenvalue weighted by atomic mass is 19.1. The average molecular weight is 354 g/mol. The summed E-state index contributed by atoms with van der Waals surface area (Å²) in [6.07, 6.45) is 4.61. The zero-order valence-corrected chi connectivity index (χ0v) is 15.2. The predicted octanol–water partition coefficient (Wildman–Crippen LogP) is 4.42. The number of rotatable bonds is 11. The molecule has 0 radical (unpaired) electrons. The molecule has 0 aromatic heterocycles. The summed E-state index contributed by atoms with van der Waals surface area (Å²) in [5.74, 6) is -0.994. The molecule has 25 heavy (non-hydrogen) atoms. The van der Waals surface area contributed by atoms with Crippen LogP contribution in [0, 0.1) is 5.82 Å². The van der Waals surface area contributed by atoms with Crippen molar-refractivity contribution < 1.29 is 28.2 Å². The number of carbonyl (C=O) groups excluding carboxylic acids is 2. The van der Waals surface area contributed by atoms with Crippen molar-refractivity contribution in [3.05, 3.63) is 24.0 Å². The standard InChI is InChI=1S/C19H27FO5/c1-4-5-6-8-14(2)24-18(21)9-7-10-19(22)25-16-12-11-15(20)13-17(16)23-3/h11-14H,4-10H2,1-3H3. The molecule has 5 nitrogen and oxygen atoms in total. The summed E-state index contributed by atoms with van der Waals surface area (Å²) in [4.78, 5) is 23.5. The van der Waals surface area contributed by atoms with Crippen LogP contribution in [0.4, 0.5) is 4.39 Å². The van der Waals surface area contributed by atoms with Crippen LogP contribution in [0.15, 0.2) is 18.2 Å². The van der Waals surface area contributed by atoms with Crippen LogP contribution in [0.1, 0.15) is 58.8 Å². The Balaban J connectivity index is 2.29. The van der Waals surface area contributed by atoms with Crippen LogP contribution < -0.4 is 9.47 Å². The summed E-state index contributed by atoms with van der Waals surface area (Å²) in [6, 6.07) is 3.65. The Morgan fingerprint density at radius 3 is 2.48 bits per heavy atom. The van der Waals surface area contributed by atoms with E-state index in [0.717, 1.165) is 31.7 Å². The third-order valence-electron chi connectivity index (χ3n) is 3.66. The number of methoxy groups -OCH3 is 1. The van der Waals surface area contributed by atoms with Crippen molar-refractivity contribution >= 4 is 11.9 Å². The molecule has 0 spiro atoms. The fourth-order valence-electron chi connectivity index (χ4n) is 2.30. The maximum atomic E-state index is 13.1.